The van der Waals surface area contributed by atoms with Crippen molar-refractivity contribution in [3.05, 3.63) is 48.6 Å². The minimum atomic E-state index is -0.0112. The van der Waals surface area contributed by atoms with Gasteiger partial charge in [-0.25, -0.2) is 0 Å². The van der Waals surface area contributed by atoms with Crippen LogP contribution in [0.3, 0.4) is 0 Å². The lowest BCUT2D eigenvalue weighted by Gasteiger charge is -2.31. The van der Waals surface area contributed by atoms with Gasteiger partial charge in [-0.15, -0.1) is 6.58 Å². The summed E-state index contributed by atoms with van der Waals surface area (Å²) >= 11 is 0. The summed E-state index contributed by atoms with van der Waals surface area (Å²) in [5.41, 5.74) is 1.15. The Bertz CT molecular complexity index is 411. The summed E-state index contributed by atoms with van der Waals surface area (Å²) in [6.07, 6.45) is 2.28. The molecule has 19 heavy (non-hydrogen) atoms. The van der Waals surface area contributed by atoms with Gasteiger partial charge in [-0.05, 0) is 19.5 Å². The fourth-order valence-corrected chi connectivity index (χ4v) is 1.99. The first-order valence-electron chi connectivity index (χ1n) is 6.55. The Hall–Kier alpha value is -1.63. The fraction of sp³-hybridized carbons (Fsp3) is 0.438. The van der Waals surface area contributed by atoms with E-state index in [9.17, 15) is 0 Å². The van der Waals surface area contributed by atoms with Crippen LogP contribution in [0.15, 0.2) is 43.0 Å². The van der Waals surface area contributed by atoms with Crippen LogP contribution < -0.4 is 0 Å². The second-order valence-corrected chi connectivity index (χ2v) is 4.58. The van der Waals surface area contributed by atoms with Crippen LogP contribution in [0.25, 0.3) is 0 Å². The van der Waals surface area contributed by atoms with Gasteiger partial charge in [0.25, 0.3) is 0 Å². The molecule has 0 bridgehead atoms. The first-order chi connectivity index (χ1) is 9.20. The van der Waals surface area contributed by atoms with Gasteiger partial charge in [0, 0.05) is 19.0 Å². The maximum absolute atomic E-state index is 8.67. The lowest BCUT2D eigenvalue weighted by Crippen LogP contribution is -2.36. The van der Waals surface area contributed by atoms with Gasteiger partial charge in [0.15, 0.2) is 0 Å². The molecule has 2 atom stereocenters. The largest absolute Gasteiger partial charge is 0.368 e. The van der Waals surface area contributed by atoms with Crippen molar-refractivity contribution in [3.8, 4) is 6.07 Å². The second kappa shape index (κ2) is 8.47. The van der Waals surface area contributed by atoms with Crippen LogP contribution in [0.5, 0.6) is 0 Å². The molecular weight excluding hydrogens is 236 g/mol. The molecule has 0 aromatic heterocycles. The molecule has 0 aliphatic rings. The third-order valence-corrected chi connectivity index (χ3v) is 3.23. The summed E-state index contributed by atoms with van der Waals surface area (Å²) in [6.45, 7) is 7.09. The number of likely N-dealkylation sites (N-methyl/N-ethyl adjacent to an activating group) is 1. The maximum atomic E-state index is 8.67. The molecule has 3 nitrogen and oxygen atoms in total. The third kappa shape index (κ3) is 4.86. The summed E-state index contributed by atoms with van der Waals surface area (Å²) in [4.78, 5) is 2.16. The predicted molar refractivity (Wildman–Crippen MR) is 77.7 cm³/mol. The van der Waals surface area contributed by atoms with Crippen molar-refractivity contribution in [1.82, 2.24) is 4.90 Å². The third-order valence-electron chi connectivity index (χ3n) is 3.23. The van der Waals surface area contributed by atoms with Gasteiger partial charge < -0.3 is 4.74 Å². The highest BCUT2D eigenvalue weighted by atomic mass is 16.5. The Morgan fingerprint density at radius 2 is 2.11 bits per heavy atom. The molecule has 0 aliphatic heterocycles. The van der Waals surface area contributed by atoms with Crippen LogP contribution >= 0.6 is 0 Å². The van der Waals surface area contributed by atoms with Crippen LogP contribution in [0.1, 0.15) is 25.0 Å². The minimum Gasteiger partial charge on any atom is -0.368 e. The standard InChI is InChI=1S/C16H22N2O/c1-4-13-19-16(15-9-6-5-7-10-15)14(2)18(3)12-8-11-17/h4-7,9-10,14,16H,1,8,12-13H2,2-3H3/t14-,16-/m0/s1. The fourth-order valence-electron chi connectivity index (χ4n) is 1.99. The molecule has 1 aromatic rings. The van der Waals surface area contributed by atoms with Gasteiger partial charge in [-0.2, -0.15) is 5.26 Å². The second-order valence-electron chi connectivity index (χ2n) is 4.58. The van der Waals surface area contributed by atoms with Crippen molar-refractivity contribution in [2.24, 2.45) is 0 Å². The molecule has 0 N–H and O–H groups in total. The van der Waals surface area contributed by atoms with E-state index in [0.29, 0.717) is 13.0 Å². The van der Waals surface area contributed by atoms with E-state index in [1.165, 1.54) is 0 Å². The quantitative estimate of drug-likeness (QED) is 0.672. The molecule has 0 unspecified atom stereocenters. The first kappa shape index (κ1) is 15.4. The summed E-state index contributed by atoms with van der Waals surface area (Å²) in [5, 5.41) is 8.67. The Labute approximate surface area is 116 Å². The molecule has 1 rings (SSSR count). The van der Waals surface area contributed by atoms with Crippen LogP contribution in [-0.4, -0.2) is 31.1 Å². The van der Waals surface area contributed by atoms with Crippen LogP contribution in [-0.2, 0) is 4.74 Å². The molecule has 3 heteroatoms. The summed E-state index contributed by atoms with van der Waals surface area (Å²) in [5.74, 6) is 0. The number of benzene rings is 1. The summed E-state index contributed by atoms with van der Waals surface area (Å²) in [6, 6.07) is 12.6. The highest BCUT2D eigenvalue weighted by Crippen LogP contribution is 2.24. The van der Waals surface area contributed by atoms with Gasteiger partial charge in [-0.3, -0.25) is 4.90 Å². The summed E-state index contributed by atoms with van der Waals surface area (Å²) < 4.78 is 5.90. The van der Waals surface area contributed by atoms with Crippen molar-refractivity contribution in [1.29, 1.82) is 5.26 Å². The Kier molecular flexibility index (Phi) is 6.88. The number of hydrogen-bond acceptors (Lipinski definition) is 3. The van der Waals surface area contributed by atoms with Crippen molar-refractivity contribution in [2.75, 3.05) is 20.2 Å². The molecule has 0 saturated carbocycles. The molecule has 0 amide bonds. The van der Waals surface area contributed by atoms with Crippen molar-refractivity contribution in [3.63, 3.8) is 0 Å². The monoisotopic (exact) mass is 258 g/mol. The van der Waals surface area contributed by atoms with Gasteiger partial charge in [0.05, 0.1) is 18.8 Å². The normalized spacial score (nSPS) is 13.8. The highest BCUT2D eigenvalue weighted by Gasteiger charge is 2.22. The molecule has 0 aliphatic carbocycles. The van der Waals surface area contributed by atoms with Crippen LogP contribution in [0, 0.1) is 11.3 Å². The van der Waals surface area contributed by atoms with E-state index in [1.54, 1.807) is 6.08 Å². The van der Waals surface area contributed by atoms with Crippen molar-refractivity contribution < 1.29 is 4.74 Å². The zero-order valence-corrected chi connectivity index (χ0v) is 11.7. The predicted octanol–water partition coefficient (Wildman–Crippen LogP) is 3.16. The summed E-state index contributed by atoms with van der Waals surface area (Å²) in [7, 11) is 2.02. The van der Waals surface area contributed by atoms with E-state index in [-0.39, 0.29) is 12.1 Å². The Morgan fingerprint density at radius 3 is 2.68 bits per heavy atom. The van der Waals surface area contributed by atoms with E-state index in [2.05, 4.69) is 36.6 Å². The van der Waals surface area contributed by atoms with Gasteiger partial charge in [0.2, 0.25) is 0 Å². The SMILES string of the molecule is C=CCO[C@H](c1ccccc1)[C@H](C)N(C)CCC#N. The molecule has 0 heterocycles. The number of nitriles is 1. The molecule has 0 radical (unpaired) electrons. The number of nitrogens with zero attached hydrogens (tertiary/aromatic N) is 2. The topological polar surface area (TPSA) is 36.3 Å². The van der Waals surface area contributed by atoms with E-state index in [0.717, 1.165) is 12.1 Å². The Balaban J connectivity index is 2.78. The molecule has 0 saturated heterocycles. The van der Waals surface area contributed by atoms with E-state index < -0.39 is 0 Å². The van der Waals surface area contributed by atoms with Crippen molar-refractivity contribution >= 4 is 0 Å². The maximum Gasteiger partial charge on any atom is 0.0981 e. The van der Waals surface area contributed by atoms with E-state index >= 15 is 0 Å². The molecule has 102 valence electrons. The number of rotatable bonds is 8. The Morgan fingerprint density at radius 1 is 1.42 bits per heavy atom. The van der Waals surface area contributed by atoms with Gasteiger partial charge >= 0.3 is 0 Å². The lowest BCUT2D eigenvalue weighted by atomic mass is 10.0. The zero-order valence-electron chi connectivity index (χ0n) is 11.7. The van der Waals surface area contributed by atoms with E-state index in [1.807, 2.05) is 25.2 Å². The molecule has 0 fully saturated rings. The van der Waals surface area contributed by atoms with Gasteiger partial charge in [0.1, 0.15) is 0 Å². The van der Waals surface area contributed by atoms with Crippen LogP contribution in [0.4, 0.5) is 0 Å². The van der Waals surface area contributed by atoms with Crippen LogP contribution in [0.2, 0.25) is 0 Å². The first-order valence-corrected chi connectivity index (χ1v) is 6.55. The molecular formula is C16H22N2O. The smallest absolute Gasteiger partial charge is 0.0981 e. The molecule has 0 spiro atoms. The zero-order chi connectivity index (χ0) is 14.1. The lowest BCUT2D eigenvalue weighted by molar-refractivity contribution is 0.0115. The van der Waals surface area contributed by atoms with Crippen molar-refractivity contribution in [2.45, 2.75) is 25.5 Å². The van der Waals surface area contributed by atoms with Gasteiger partial charge in [-0.1, -0.05) is 36.4 Å². The highest BCUT2D eigenvalue weighted by molar-refractivity contribution is 5.19. The van der Waals surface area contributed by atoms with E-state index in [4.69, 9.17) is 10.00 Å². The average Bonchev–Trinajstić information content (AvgIpc) is 2.46. The number of ether oxygens (including phenoxy) is 1. The molecule has 1 aromatic carbocycles. The number of hydrogen-bond donors (Lipinski definition) is 0. The minimum absolute atomic E-state index is 0.0112. The average molecular weight is 258 g/mol.